The zero-order valence-electron chi connectivity index (χ0n) is 15.5. The van der Waals surface area contributed by atoms with Crippen molar-refractivity contribution in [3.05, 3.63) is 24.7 Å². The van der Waals surface area contributed by atoms with E-state index in [4.69, 9.17) is 19.9 Å². The number of hydrogen-bond acceptors (Lipinski definition) is 9. The SMILES string of the molecule is C=C1N=C(N)C=CN1[C@@H]1O[C@H](COC(=O)COCC(=O)C(C)C)[C@H](O)C1(F)F. The second-order valence-corrected chi connectivity index (χ2v) is 6.62. The van der Waals surface area contributed by atoms with Crippen LogP contribution in [0.1, 0.15) is 13.8 Å². The molecule has 2 rings (SSSR count). The maximum Gasteiger partial charge on any atom is 0.332 e. The lowest BCUT2D eigenvalue weighted by Crippen LogP contribution is -2.47. The number of alkyl halides is 2. The molecule has 11 heteroatoms. The molecule has 0 bridgehead atoms. The summed E-state index contributed by atoms with van der Waals surface area (Å²) >= 11 is 0. The molecule has 156 valence electrons. The number of hydrogen-bond donors (Lipinski definition) is 2. The molecule has 2 aliphatic rings. The maximum atomic E-state index is 14.4. The van der Waals surface area contributed by atoms with Crippen LogP contribution in [-0.2, 0) is 23.8 Å². The zero-order valence-corrected chi connectivity index (χ0v) is 15.5. The van der Waals surface area contributed by atoms with E-state index in [0.29, 0.717) is 0 Å². The van der Waals surface area contributed by atoms with Crippen LogP contribution in [-0.4, -0.2) is 71.8 Å². The van der Waals surface area contributed by atoms with E-state index in [9.17, 15) is 23.5 Å². The standard InChI is InChI=1S/C17H23F2N3O6/c1-9(2)11(23)6-26-8-14(24)27-7-12-15(25)17(18,19)16(28-12)22-5-4-13(20)21-10(22)3/h4-5,9,12,15-16,25H,3,6-8H2,1-2H3,(H2,20,21)/t12-,15+,16-/m1/s1. The molecule has 2 aliphatic heterocycles. The summed E-state index contributed by atoms with van der Waals surface area (Å²) in [6, 6.07) is 0. The van der Waals surface area contributed by atoms with Crippen molar-refractivity contribution >= 4 is 17.6 Å². The highest BCUT2D eigenvalue weighted by atomic mass is 19.3. The van der Waals surface area contributed by atoms with Gasteiger partial charge in [0.1, 0.15) is 37.6 Å². The van der Waals surface area contributed by atoms with Gasteiger partial charge < -0.3 is 30.0 Å². The summed E-state index contributed by atoms with van der Waals surface area (Å²) in [4.78, 5) is 27.7. The largest absolute Gasteiger partial charge is 0.461 e. The lowest BCUT2D eigenvalue weighted by molar-refractivity contribution is -0.157. The average molecular weight is 403 g/mol. The molecular weight excluding hydrogens is 380 g/mol. The predicted molar refractivity (Wildman–Crippen MR) is 93.0 cm³/mol. The van der Waals surface area contributed by atoms with Crippen LogP contribution in [0.15, 0.2) is 29.7 Å². The fraction of sp³-hybridized carbons (Fsp3) is 0.588. The number of aliphatic hydroxyl groups excluding tert-OH is 1. The summed E-state index contributed by atoms with van der Waals surface area (Å²) in [6.45, 7) is 5.48. The van der Waals surface area contributed by atoms with Crippen LogP contribution in [0.5, 0.6) is 0 Å². The molecule has 3 N–H and O–H groups in total. The number of Topliss-reactive ketones (excluding diaryl/α,β-unsaturated/α-hetero) is 1. The number of aliphatic imine (C=N–C) groups is 1. The number of rotatable bonds is 8. The van der Waals surface area contributed by atoms with Gasteiger partial charge in [-0.05, 0) is 6.08 Å². The van der Waals surface area contributed by atoms with Crippen molar-refractivity contribution in [1.82, 2.24) is 4.90 Å². The van der Waals surface area contributed by atoms with Crippen molar-refractivity contribution in [1.29, 1.82) is 0 Å². The minimum atomic E-state index is -3.69. The van der Waals surface area contributed by atoms with Crippen molar-refractivity contribution in [2.45, 2.75) is 38.2 Å². The van der Waals surface area contributed by atoms with Crippen LogP contribution in [0, 0.1) is 5.92 Å². The Morgan fingerprint density at radius 2 is 2.14 bits per heavy atom. The molecule has 0 aliphatic carbocycles. The van der Waals surface area contributed by atoms with Gasteiger partial charge in [-0.1, -0.05) is 20.4 Å². The Morgan fingerprint density at radius 1 is 1.46 bits per heavy atom. The van der Waals surface area contributed by atoms with E-state index in [1.807, 2.05) is 0 Å². The predicted octanol–water partition coefficient (Wildman–Crippen LogP) is 0.150. The molecule has 0 aromatic carbocycles. The van der Waals surface area contributed by atoms with Gasteiger partial charge in [-0.15, -0.1) is 0 Å². The molecule has 28 heavy (non-hydrogen) atoms. The molecule has 2 heterocycles. The van der Waals surface area contributed by atoms with E-state index < -0.39 is 43.5 Å². The first-order chi connectivity index (χ1) is 13.0. The Labute approximate surface area is 160 Å². The van der Waals surface area contributed by atoms with E-state index in [1.54, 1.807) is 13.8 Å². The summed E-state index contributed by atoms with van der Waals surface area (Å²) in [5.74, 6) is -4.99. The third-order valence-electron chi connectivity index (χ3n) is 4.11. The molecule has 0 aromatic rings. The van der Waals surface area contributed by atoms with E-state index in [-0.39, 0.29) is 30.0 Å². The summed E-state index contributed by atoms with van der Waals surface area (Å²) in [5.41, 5.74) is 5.47. The number of carbonyl (C=O) groups excluding carboxylic acids is 2. The summed E-state index contributed by atoms with van der Waals surface area (Å²) in [7, 11) is 0. The monoisotopic (exact) mass is 403 g/mol. The number of amidine groups is 1. The number of aliphatic hydroxyl groups is 1. The van der Waals surface area contributed by atoms with Crippen molar-refractivity contribution in [2.75, 3.05) is 19.8 Å². The maximum absolute atomic E-state index is 14.4. The Hall–Kier alpha value is -2.37. The second kappa shape index (κ2) is 8.76. The molecule has 9 nitrogen and oxygen atoms in total. The van der Waals surface area contributed by atoms with E-state index in [0.717, 1.165) is 4.90 Å². The first kappa shape index (κ1) is 21.9. The molecule has 0 spiro atoms. The van der Waals surface area contributed by atoms with Gasteiger partial charge in [0.05, 0.1) is 0 Å². The fourth-order valence-electron chi connectivity index (χ4n) is 2.42. The normalized spacial score (nSPS) is 26.5. The van der Waals surface area contributed by atoms with Crippen LogP contribution in [0.2, 0.25) is 0 Å². The van der Waals surface area contributed by atoms with Crippen LogP contribution < -0.4 is 5.73 Å². The Balaban J connectivity index is 1.88. The Bertz CT molecular complexity index is 694. The zero-order chi connectivity index (χ0) is 21.1. The average Bonchev–Trinajstić information content (AvgIpc) is 2.83. The van der Waals surface area contributed by atoms with Gasteiger partial charge >= 0.3 is 11.9 Å². The van der Waals surface area contributed by atoms with Crippen molar-refractivity contribution in [2.24, 2.45) is 16.6 Å². The van der Waals surface area contributed by atoms with Crippen molar-refractivity contribution in [3.63, 3.8) is 0 Å². The Morgan fingerprint density at radius 3 is 2.75 bits per heavy atom. The fourth-order valence-corrected chi connectivity index (χ4v) is 2.42. The number of esters is 1. The quantitative estimate of drug-likeness (QED) is 0.549. The van der Waals surface area contributed by atoms with Crippen molar-refractivity contribution in [3.8, 4) is 0 Å². The van der Waals surface area contributed by atoms with Gasteiger partial charge in [-0.2, -0.15) is 8.78 Å². The Kier molecular flexibility index (Phi) is 6.86. The van der Waals surface area contributed by atoms with Gasteiger partial charge in [-0.25, -0.2) is 9.79 Å². The highest BCUT2D eigenvalue weighted by Crippen LogP contribution is 2.40. The first-order valence-electron chi connectivity index (χ1n) is 8.51. The van der Waals surface area contributed by atoms with Crippen molar-refractivity contribution < 1.29 is 37.7 Å². The van der Waals surface area contributed by atoms with E-state index in [1.165, 1.54) is 12.3 Å². The number of nitrogens with two attached hydrogens (primary N) is 1. The minimum Gasteiger partial charge on any atom is -0.461 e. The first-order valence-corrected chi connectivity index (χ1v) is 8.51. The molecule has 0 saturated carbocycles. The second-order valence-electron chi connectivity index (χ2n) is 6.62. The number of carbonyl (C=O) groups is 2. The third-order valence-corrected chi connectivity index (χ3v) is 4.11. The highest BCUT2D eigenvalue weighted by Gasteiger charge is 2.61. The lowest BCUT2D eigenvalue weighted by Gasteiger charge is -2.31. The number of ketones is 1. The van der Waals surface area contributed by atoms with Gasteiger partial charge in [-0.3, -0.25) is 4.79 Å². The van der Waals surface area contributed by atoms with Crippen LogP contribution in [0.3, 0.4) is 0 Å². The molecule has 0 aromatic heterocycles. The molecule has 0 unspecified atom stereocenters. The van der Waals surface area contributed by atoms with E-state index in [2.05, 4.69) is 11.6 Å². The minimum absolute atomic E-state index is 0.0854. The van der Waals surface area contributed by atoms with Crippen LogP contribution >= 0.6 is 0 Å². The smallest absolute Gasteiger partial charge is 0.332 e. The van der Waals surface area contributed by atoms with Gasteiger partial charge in [0.25, 0.3) is 0 Å². The van der Waals surface area contributed by atoms with Crippen LogP contribution in [0.25, 0.3) is 0 Å². The molecule has 0 radical (unpaired) electrons. The summed E-state index contributed by atoms with van der Waals surface area (Å²) in [5, 5.41) is 9.90. The van der Waals surface area contributed by atoms with E-state index >= 15 is 0 Å². The summed E-state index contributed by atoms with van der Waals surface area (Å²) < 4.78 is 43.8. The highest BCUT2D eigenvalue weighted by molar-refractivity contribution is 5.92. The topological polar surface area (TPSA) is 124 Å². The van der Waals surface area contributed by atoms with Gasteiger partial charge in [0, 0.05) is 12.1 Å². The number of halogens is 2. The van der Waals surface area contributed by atoms with Gasteiger partial charge in [0.15, 0.2) is 11.9 Å². The number of ether oxygens (including phenoxy) is 3. The summed E-state index contributed by atoms with van der Waals surface area (Å²) in [6.07, 6.45) is -3.11. The van der Waals surface area contributed by atoms with Crippen LogP contribution in [0.4, 0.5) is 8.78 Å². The molecule has 1 fully saturated rings. The molecule has 3 atom stereocenters. The number of nitrogens with zero attached hydrogens (tertiary/aromatic N) is 2. The third kappa shape index (κ3) is 4.91. The molecular formula is C17H23F2N3O6. The lowest BCUT2D eigenvalue weighted by atomic mass is 10.1. The van der Waals surface area contributed by atoms with Gasteiger partial charge in [0.2, 0.25) is 6.23 Å². The molecule has 1 saturated heterocycles. The molecule has 0 amide bonds.